The fourth-order valence-corrected chi connectivity index (χ4v) is 3.23. The van der Waals surface area contributed by atoms with Crippen molar-refractivity contribution in [2.45, 2.75) is 6.42 Å². The Labute approximate surface area is 157 Å². The summed E-state index contributed by atoms with van der Waals surface area (Å²) in [5.74, 6) is 1.96. The van der Waals surface area contributed by atoms with E-state index >= 15 is 0 Å². The summed E-state index contributed by atoms with van der Waals surface area (Å²) < 4.78 is 16.4. The number of hydrogen-bond acceptors (Lipinski definition) is 4. The minimum absolute atomic E-state index is 0.0686. The molecule has 0 fully saturated rings. The van der Waals surface area contributed by atoms with Crippen molar-refractivity contribution >= 4 is 23.1 Å². The number of ether oxygens (including phenoxy) is 3. The standard InChI is InChI=1S/C19H21ClN2O4/c1-24-14-9-16(25-2)18(17(10-14)26-3)12-4-6-22(7-5-12)19(23)15-8-13(20)11-21-15/h4,8-11,21H,5-7H2,1-3H3. The first-order valence-corrected chi connectivity index (χ1v) is 8.57. The highest BCUT2D eigenvalue weighted by molar-refractivity contribution is 6.30. The van der Waals surface area contributed by atoms with E-state index in [0.717, 1.165) is 11.1 Å². The van der Waals surface area contributed by atoms with E-state index in [1.807, 2.05) is 18.2 Å². The van der Waals surface area contributed by atoms with Gasteiger partial charge in [0, 0.05) is 31.4 Å². The Morgan fingerprint density at radius 2 is 1.81 bits per heavy atom. The second kappa shape index (κ2) is 7.74. The van der Waals surface area contributed by atoms with Gasteiger partial charge in [0.05, 0.1) is 31.9 Å². The van der Waals surface area contributed by atoms with E-state index in [0.29, 0.717) is 47.5 Å². The van der Waals surface area contributed by atoms with Crippen LogP contribution in [0.15, 0.2) is 30.5 Å². The van der Waals surface area contributed by atoms with Gasteiger partial charge in [-0.25, -0.2) is 0 Å². The SMILES string of the molecule is COc1cc(OC)c(C2=CCN(C(=O)c3cc(Cl)c[nH]3)CC2)c(OC)c1. The fourth-order valence-electron chi connectivity index (χ4n) is 3.06. The van der Waals surface area contributed by atoms with Crippen LogP contribution in [0.1, 0.15) is 22.5 Å². The maximum absolute atomic E-state index is 12.5. The van der Waals surface area contributed by atoms with E-state index in [2.05, 4.69) is 4.98 Å². The van der Waals surface area contributed by atoms with E-state index in [-0.39, 0.29) is 5.91 Å². The van der Waals surface area contributed by atoms with Gasteiger partial charge in [-0.1, -0.05) is 17.7 Å². The first-order valence-electron chi connectivity index (χ1n) is 8.20. The molecule has 1 aromatic heterocycles. The topological polar surface area (TPSA) is 63.8 Å². The number of benzene rings is 1. The van der Waals surface area contributed by atoms with Crippen LogP contribution >= 0.6 is 11.6 Å². The highest BCUT2D eigenvalue weighted by atomic mass is 35.5. The molecule has 0 aliphatic carbocycles. The maximum atomic E-state index is 12.5. The molecule has 0 spiro atoms. The molecular formula is C19H21ClN2O4. The van der Waals surface area contributed by atoms with Gasteiger partial charge in [0.25, 0.3) is 5.91 Å². The van der Waals surface area contributed by atoms with E-state index in [1.54, 1.807) is 38.5 Å². The molecule has 138 valence electrons. The van der Waals surface area contributed by atoms with Crippen LogP contribution in [-0.2, 0) is 0 Å². The first kappa shape index (κ1) is 18.2. The summed E-state index contributed by atoms with van der Waals surface area (Å²) in [6.45, 7) is 1.10. The molecule has 1 aliphatic heterocycles. The summed E-state index contributed by atoms with van der Waals surface area (Å²) in [7, 11) is 4.84. The zero-order valence-corrected chi connectivity index (χ0v) is 15.7. The minimum Gasteiger partial charge on any atom is -0.496 e. The van der Waals surface area contributed by atoms with Crippen LogP contribution in [0.3, 0.4) is 0 Å². The van der Waals surface area contributed by atoms with Crippen molar-refractivity contribution in [3.63, 3.8) is 0 Å². The van der Waals surface area contributed by atoms with Gasteiger partial charge in [-0.3, -0.25) is 4.79 Å². The Balaban J connectivity index is 1.86. The van der Waals surface area contributed by atoms with Crippen molar-refractivity contribution in [2.75, 3.05) is 34.4 Å². The third-order valence-electron chi connectivity index (χ3n) is 4.41. The molecular weight excluding hydrogens is 356 g/mol. The number of amides is 1. The van der Waals surface area contributed by atoms with Gasteiger partial charge in [-0.15, -0.1) is 0 Å². The lowest BCUT2D eigenvalue weighted by Crippen LogP contribution is -2.34. The normalized spacial score (nSPS) is 14.0. The molecule has 1 N–H and O–H groups in total. The smallest absolute Gasteiger partial charge is 0.270 e. The van der Waals surface area contributed by atoms with Gasteiger partial charge in [0.2, 0.25) is 0 Å². The highest BCUT2D eigenvalue weighted by Gasteiger charge is 2.24. The number of carbonyl (C=O) groups excluding carboxylic acids is 1. The van der Waals surface area contributed by atoms with Crippen LogP contribution in [0.4, 0.5) is 0 Å². The van der Waals surface area contributed by atoms with Crippen LogP contribution in [0.5, 0.6) is 17.2 Å². The highest BCUT2D eigenvalue weighted by Crippen LogP contribution is 2.40. The summed E-state index contributed by atoms with van der Waals surface area (Å²) in [5, 5.41) is 0.522. The molecule has 0 bridgehead atoms. The predicted octanol–water partition coefficient (Wildman–Crippen LogP) is 3.62. The van der Waals surface area contributed by atoms with Gasteiger partial charge in [-0.05, 0) is 18.1 Å². The number of carbonyl (C=O) groups is 1. The molecule has 26 heavy (non-hydrogen) atoms. The number of nitrogens with zero attached hydrogens (tertiary/aromatic N) is 1. The summed E-state index contributed by atoms with van der Waals surface area (Å²) in [6.07, 6.45) is 4.32. The molecule has 0 saturated heterocycles. The summed E-state index contributed by atoms with van der Waals surface area (Å²) in [4.78, 5) is 17.2. The third kappa shape index (κ3) is 3.51. The van der Waals surface area contributed by atoms with Crippen LogP contribution in [-0.4, -0.2) is 50.2 Å². The zero-order valence-electron chi connectivity index (χ0n) is 15.0. The Morgan fingerprint density at radius 1 is 1.12 bits per heavy atom. The number of halogens is 1. The second-order valence-corrected chi connectivity index (χ2v) is 6.31. The van der Waals surface area contributed by atoms with Crippen LogP contribution in [0, 0.1) is 0 Å². The summed E-state index contributed by atoms with van der Waals surface area (Å²) >= 11 is 5.89. The fraction of sp³-hybridized carbons (Fsp3) is 0.316. The Kier molecular flexibility index (Phi) is 5.42. The number of aromatic nitrogens is 1. The molecule has 3 rings (SSSR count). The van der Waals surface area contributed by atoms with Gasteiger partial charge < -0.3 is 24.1 Å². The molecule has 2 heterocycles. The average molecular weight is 377 g/mol. The number of aromatic amines is 1. The Morgan fingerprint density at radius 3 is 2.27 bits per heavy atom. The van der Waals surface area contributed by atoms with Crippen molar-refractivity contribution in [3.8, 4) is 17.2 Å². The van der Waals surface area contributed by atoms with Gasteiger partial charge in [-0.2, -0.15) is 0 Å². The first-order chi connectivity index (χ1) is 12.6. The van der Waals surface area contributed by atoms with Crippen molar-refractivity contribution in [1.82, 2.24) is 9.88 Å². The predicted molar refractivity (Wildman–Crippen MR) is 100 cm³/mol. The molecule has 1 amide bonds. The number of hydrogen-bond donors (Lipinski definition) is 1. The largest absolute Gasteiger partial charge is 0.496 e. The molecule has 1 aromatic carbocycles. The molecule has 0 radical (unpaired) electrons. The molecule has 0 atom stereocenters. The van der Waals surface area contributed by atoms with E-state index < -0.39 is 0 Å². The molecule has 7 heteroatoms. The van der Waals surface area contributed by atoms with E-state index in [1.165, 1.54) is 0 Å². The summed E-state index contributed by atoms with van der Waals surface area (Å²) in [6, 6.07) is 5.30. The molecule has 2 aromatic rings. The monoisotopic (exact) mass is 376 g/mol. The van der Waals surface area contributed by atoms with Crippen LogP contribution < -0.4 is 14.2 Å². The van der Waals surface area contributed by atoms with Crippen LogP contribution in [0.2, 0.25) is 5.02 Å². The van der Waals surface area contributed by atoms with Crippen molar-refractivity contribution in [3.05, 3.63) is 46.8 Å². The number of nitrogens with one attached hydrogen (secondary N) is 1. The average Bonchev–Trinajstić information content (AvgIpc) is 3.12. The van der Waals surface area contributed by atoms with Gasteiger partial charge >= 0.3 is 0 Å². The molecule has 6 nitrogen and oxygen atoms in total. The molecule has 0 unspecified atom stereocenters. The Bertz CT molecular complexity index is 819. The van der Waals surface area contributed by atoms with Crippen molar-refractivity contribution in [2.24, 2.45) is 0 Å². The number of H-pyrrole nitrogens is 1. The quantitative estimate of drug-likeness (QED) is 0.865. The lowest BCUT2D eigenvalue weighted by atomic mass is 9.97. The van der Waals surface area contributed by atoms with Gasteiger partial charge in [0.1, 0.15) is 22.9 Å². The second-order valence-electron chi connectivity index (χ2n) is 5.87. The van der Waals surface area contributed by atoms with E-state index in [9.17, 15) is 4.79 Å². The molecule has 0 saturated carbocycles. The van der Waals surface area contributed by atoms with Crippen molar-refractivity contribution in [1.29, 1.82) is 0 Å². The van der Waals surface area contributed by atoms with Crippen molar-refractivity contribution < 1.29 is 19.0 Å². The summed E-state index contributed by atoms with van der Waals surface area (Å²) in [5.41, 5.74) is 2.46. The lowest BCUT2D eigenvalue weighted by Gasteiger charge is -2.27. The third-order valence-corrected chi connectivity index (χ3v) is 4.63. The van der Waals surface area contributed by atoms with Crippen LogP contribution in [0.25, 0.3) is 5.57 Å². The minimum atomic E-state index is -0.0686. The Hall–Kier alpha value is -2.60. The lowest BCUT2D eigenvalue weighted by molar-refractivity contribution is 0.0767. The van der Waals surface area contributed by atoms with Gasteiger partial charge in [0.15, 0.2) is 0 Å². The van der Waals surface area contributed by atoms with E-state index in [4.69, 9.17) is 25.8 Å². The zero-order chi connectivity index (χ0) is 18.7. The number of rotatable bonds is 5. The number of methoxy groups -OCH3 is 3. The molecule has 1 aliphatic rings. The maximum Gasteiger partial charge on any atom is 0.270 e.